The number of phenolic OH excluding ortho intramolecular Hbond substituents is 1. The zero-order valence-electron chi connectivity index (χ0n) is 20.8. The Morgan fingerprint density at radius 1 is 1.00 bits per heavy atom. The fraction of sp³-hybridized carbons (Fsp3) is 0.462. The van der Waals surface area contributed by atoms with Crippen molar-refractivity contribution in [1.29, 1.82) is 0 Å². The number of aromatic hydroxyl groups is 1. The van der Waals surface area contributed by atoms with E-state index in [1.165, 1.54) is 24.3 Å². The third kappa shape index (κ3) is 5.99. The Bertz CT molecular complexity index is 1130. The van der Waals surface area contributed by atoms with Crippen molar-refractivity contribution in [3.05, 3.63) is 59.4 Å². The number of aliphatic hydroxyl groups is 5. The van der Waals surface area contributed by atoms with Crippen molar-refractivity contribution in [1.82, 2.24) is 0 Å². The Balaban J connectivity index is 1.56. The van der Waals surface area contributed by atoms with E-state index in [0.717, 1.165) is 19.4 Å². The highest BCUT2D eigenvalue weighted by molar-refractivity contribution is 5.90. The van der Waals surface area contributed by atoms with Gasteiger partial charge in [0.05, 0.1) is 38.1 Å². The van der Waals surface area contributed by atoms with E-state index in [2.05, 4.69) is 0 Å². The van der Waals surface area contributed by atoms with Gasteiger partial charge < -0.3 is 54.3 Å². The van der Waals surface area contributed by atoms with Gasteiger partial charge in [-0.05, 0) is 35.4 Å². The van der Waals surface area contributed by atoms with Gasteiger partial charge in [-0.2, -0.15) is 0 Å². The first-order valence-corrected chi connectivity index (χ1v) is 12.1. The molecule has 0 spiro atoms. The first-order valence-electron chi connectivity index (χ1n) is 12.1. The van der Waals surface area contributed by atoms with Crippen LogP contribution in [0.4, 0.5) is 0 Å². The number of fused-ring (bicyclic) bond motifs is 1. The lowest BCUT2D eigenvalue weighted by Crippen LogP contribution is -2.60. The largest absolute Gasteiger partial charge is 0.508 e. The molecule has 4 rings (SSSR count). The average molecular weight is 551 g/mol. The lowest BCUT2D eigenvalue weighted by molar-refractivity contribution is -0.340. The number of benzene rings is 1. The van der Waals surface area contributed by atoms with Crippen LogP contribution in [0.2, 0.25) is 0 Å². The SMILES string of the molecule is COC(=O)C1=COC(O[C@@H]2O[C@H](CO)[C@@H](O)[C@H](O)[C@H]2O)C2C(CO)=CC(OC(=O)/C=C/c3ccc(O)cc3)C12. The molecule has 0 amide bonds. The number of carbonyl (C=O) groups is 2. The fourth-order valence-electron chi connectivity index (χ4n) is 4.80. The molecule has 39 heavy (non-hydrogen) atoms. The number of esters is 2. The van der Waals surface area contributed by atoms with Crippen LogP contribution in [0.25, 0.3) is 6.08 Å². The topological polar surface area (TPSA) is 202 Å². The van der Waals surface area contributed by atoms with E-state index in [9.17, 15) is 40.2 Å². The van der Waals surface area contributed by atoms with Crippen molar-refractivity contribution in [2.24, 2.45) is 11.8 Å². The Morgan fingerprint density at radius 2 is 1.72 bits per heavy atom. The minimum absolute atomic E-state index is 0.00355. The Kier molecular flexibility index (Phi) is 9.02. The van der Waals surface area contributed by atoms with Crippen molar-refractivity contribution in [2.45, 2.75) is 43.1 Å². The molecule has 6 N–H and O–H groups in total. The summed E-state index contributed by atoms with van der Waals surface area (Å²) in [6, 6.07) is 6.08. The molecule has 1 aromatic carbocycles. The predicted octanol–water partition coefficient (Wildman–Crippen LogP) is -1.29. The van der Waals surface area contributed by atoms with Crippen molar-refractivity contribution >= 4 is 18.0 Å². The molecule has 1 fully saturated rings. The lowest BCUT2D eigenvalue weighted by Gasteiger charge is -2.43. The highest BCUT2D eigenvalue weighted by Crippen LogP contribution is 2.45. The number of carbonyl (C=O) groups excluding carboxylic acids is 2. The Morgan fingerprint density at radius 3 is 2.36 bits per heavy atom. The monoisotopic (exact) mass is 550 g/mol. The van der Waals surface area contributed by atoms with Crippen LogP contribution in [0.5, 0.6) is 5.75 Å². The molecule has 4 unspecified atom stereocenters. The number of aliphatic hydroxyl groups excluding tert-OH is 5. The van der Waals surface area contributed by atoms with E-state index in [1.54, 1.807) is 12.1 Å². The van der Waals surface area contributed by atoms with Crippen LogP contribution in [0.15, 0.2) is 53.8 Å². The van der Waals surface area contributed by atoms with E-state index < -0.39 is 80.1 Å². The van der Waals surface area contributed by atoms with E-state index in [4.69, 9.17) is 23.7 Å². The number of rotatable bonds is 8. The summed E-state index contributed by atoms with van der Waals surface area (Å²) < 4.78 is 27.2. The summed E-state index contributed by atoms with van der Waals surface area (Å²) in [6.45, 7) is -1.20. The van der Waals surface area contributed by atoms with Crippen LogP contribution in [-0.2, 0) is 33.3 Å². The van der Waals surface area contributed by atoms with Gasteiger partial charge in [0.2, 0.25) is 6.29 Å². The quantitative estimate of drug-likeness (QED) is 0.127. The van der Waals surface area contributed by atoms with E-state index >= 15 is 0 Å². The highest BCUT2D eigenvalue weighted by atomic mass is 16.8. The fourth-order valence-corrected chi connectivity index (χ4v) is 4.80. The third-order valence-corrected chi connectivity index (χ3v) is 6.81. The predicted molar refractivity (Wildman–Crippen MR) is 129 cm³/mol. The van der Waals surface area contributed by atoms with Crippen molar-refractivity contribution < 1.29 is 63.9 Å². The number of methoxy groups -OCH3 is 1. The highest BCUT2D eigenvalue weighted by Gasteiger charge is 2.53. The average Bonchev–Trinajstić information content (AvgIpc) is 3.31. The van der Waals surface area contributed by atoms with Gasteiger partial charge in [-0.15, -0.1) is 0 Å². The van der Waals surface area contributed by atoms with Crippen molar-refractivity contribution in [2.75, 3.05) is 20.3 Å². The van der Waals surface area contributed by atoms with Crippen LogP contribution in [0, 0.1) is 11.8 Å². The molecular weight excluding hydrogens is 520 g/mol. The second kappa shape index (κ2) is 12.3. The van der Waals surface area contributed by atoms with Crippen molar-refractivity contribution in [3.63, 3.8) is 0 Å². The van der Waals surface area contributed by atoms with E-state index in [1.807, 2.05) is 0 Å². The molecule has 0 radical (unpaired) electrons. The minimum Gasteiger partial charge on any atom is -0.508 e. The third-order valence-electron chi connectivity index (χ3n) is 6.81. The summed E-state index contributed by atoms with van der Waals surface area (Å²) in [5.74, 6) is -3.31. The molecule has 0 bridgehead atoms. The normalized spacial score (nSPS) is 34.1. The number of hydrogen-bond acceptors (Lipinski definition) is 13. The summed E-state index contributed by atoms with van der Waals surface area (Å²) in [6.07, 6.45) is -5.04. The molecule has 1 aromatic rings. The molecular formula is C26H30O13. The first-order chi connectivity index (χ1) is 18.7. The molecule has 1 aliphatic carbocycles. The molecule has 1 saturated heterocycles. The van der Waals surface area contributed by atoms with Gasteiger partial charge in [-0.3, -0.25) is 0 Å². The van der Waals surface area contributed by atoms with Gasteiger partial charge >= 0.3 is 11.9 Å². The smallest absolute Gasteiger partial charge is 0.337 e. The van der Waals surface area contributed by atoms with Crippen LogP contribution in [0.3, 0.4) is 0 Å². The van der Waals surface area contributed by atoms with E-state index in [-0.39, 0.29) is 11.3 Å². The van der Waals surface area contributed by atoms with Gasteiger partial charge in [0.15, 0.2) is 6.29 Å². The molecule has 13 heteroatoms. The lowest BCUT2D eigenvalue weighted by atomic mass is 9.82. The van der Waals surface area contributed by atoms with Crippen molar-refractivity contribution in [3.8, 4) is 5.75 Å². The maximum Gasteiger partial charge on any atom is 0.337 e. The summed E-state index contributed by atoms with van der Waals surface area (Å²) in [4.78, 5) is 25.2. The molecule has 9 atom stereocenters. The molecule has 2 heterocycles. The summed E-state index contributed by atoms with van der Waals surface area (Å²) >= 11 is 0. The molecule has 2 aliphatic heterocycles. The first kappa shape index (κ1) is 28.7. The number of hydrogen-bond donors (Lipinski definition) is 6. The molecule has 3 aliphatic rings. The molecule has 212 valence electrons. The number of phenols is 1. The van der Waals surface area contributed by atoms with E-state index in [0.29, 0.717) is 11.1 Å². The second-order valence-electron chi connectivity index (χ2n) is 9.18. The standard InChI is InChI=1S/C26H30O13/c1-35-24(34)15-11-36-25(39-26-23(33)22(32)21(31)17(10-28)38-26)19-13(9-27)8-16(20(15)19)37-18(30)7-4-12-2-5-14(29)6-3-12/h2-8,11,16-17,19-23,25-29,31-33H,9-10H2,1H3/b7-4+/t16?,17-,19?,20?,21-,22+,23-,25?,26+/m1/s1. The van der Waals surface area contributed by atoms with Gasteiger partial charge in [0.25, 0.3) is 0 Å². The maximum absolute atomic E-state index is 12.7. The molecule has 0 aromatic heterocycles. The summed E-state index contributed by atoms with van der Waals surface area (Å²) in [5, 5.41) is 59.5. The minimum atomic E-state index is -1.72. The van der Waals surface area contributed by atoms with Crippen LogP contribution >= 0.6 is 0 Å². The zero-order valence-corrected chi connectivity index (χ0v) is 20.8. The maximum atomic E-state index is 12.7. The van der Waals surface area contributed by atoms with Gasteiger partial charge in [-0.1, -0.05) is 12.1 Å². The van der Waals surface area contributed by atoms with Gasteiger partial charge in [0.1, 0.15) is 36.3 Å². The molecule has 13 nitrogen and oxygen atoms in total. The van der Waals surface area contributed by atoms with Gasteiger partial charge in [-0.25, -0.2) is 9.59 Å². The zero-order chi connectivity index (χ0) is 28.3. The van der Waals surface area contributed by atoms with Crippen LogP contribution < -0.4 is 0 Å². The molecule has 0 saturated carbocycles. The van der Waals surface area contributed by atoms with Crippen LogP contribution in [-0.4, -0.2) is 106 Å². The Hall–Kier alpha value is -3.30. The second-order valence-corrected chi connectivity index (χ2v) is 9.18. The number of ether oxygens (including phenoxy) is 5. The Labute approximate surface area is 222 Å². The van der Waals surface area contributed by atoms with Crippen LogP contribution in [0.1, 0.15) is 5.56 Å². The van der Waals surface area contributed by atoms with Gasteiger partial charge in [0, 0.05) is 12.0 Å². The summed E-state index contributed by atoms with van der Waals surface area (Å²) in [5.41, 5.74) is 0.912. The summed E-state index contributed by atoms with van der Waals surface area (Å²) in [7, 11) is 1.16.